The van der Waals surface area contributed by atoms with E-state index in [4.69, 9.17) is 21.1 Å². The number of hydrogen-bond donors (Lipinski definition) is 0. The minimum atomic E-state index is -4.84. The zero-order valence-electron chi connectivity index (χ0n) is 27.0. The van der Waals surface area contributed by atoms with Gasteiger partial charge < -0.3 is 9.47 Å². The molecular weight excluding hydrogens is 704 g/mol. The summed E-state index contributed by atoms with van der Waals surface area (Å²) in [6.07, 6.45) is -2.47. The zero-order valence-corrected chi connectivity index (χ0v) is 29.4. The number of ether oxygens (including phenoxy) is 2. The van der Waals surface area contributed by atoms with Crippen molar-refractivity contribution in [3.8, 4) is 10.8 Å². The van der Waals surface area contributed by atoms with Crippen LogP contribution >= 0.6 is 22.9 Å². The van der Waals surface area contributed by atoms with Gasteiger partial charge in [0.25, 0.3) is 22.4 Å². The minimum absolute atomic E-state index is 0.197. The molecule has 48 heavy (non-hydrogen) atoms. The molecule has 1 aliphatic heterocycles. The van der Waals surface area contributed by atoms with Crippen molar-refractivity contribution in [2.75, 3.05) is 13.1 Å². The molecule has 12 nitrogen and oxygen atoms in total. The van der Waals surface area contributed by atoms with Crippen LogP contribution in [0, 0.1) is 0 Å². The van der Waals surface area contributed by atoms with Gasteiger partial charge in [0.15, 0.2) is 21.0 Å². The number of carbonyl (C=O) groups excluding carboxylic acids is 2. The minimum Gasteiger partial charge on any atom is -0.444 e. The molecule has 0 aromatic carbocycles. The lowest BCUT2D eigenvalue weighted by atomic mass is 9.96. The maximum absolute atomic E-state index is 16.1. The first-order chi connectivity index (χ1) is 21.9. The van der Waals surface area contributed by atoms with Gasteiger partial charge in [0.05, 0.1) is 17.6 Å². The van der Waals surface area contributed by atoms with Crippen LogP contribution in [0.3, 0.4) is 0 Å². The van der Waals surface area contributed by atoms with Gasteiger partial charge in [-0.05, 0) is 67.4 Å². The number of halogens is 5. The Balaban J connectivity index is 1.73. The van der Waals surface area contributed by atoms with Gasteiger partial charge in [0.1, 0.15) is 16.1 Å². The Morgan fingerprint density at radius 2 is 1.71 bits per heavy atom. The van der Waals surface area contributed by atoms with Crippen LogP contribution in [0.15, 0.2) is 23.2 Å². The molecule has 1 fully saturated rings. The lowest BCUT2D eigenvalue weighted by Gasteiger charge is -2.34. The maximum Gasteiger partial charge on any atom is 0.424 e. The third-order valence-corrected chi connectivity index (χ3v) is 10.4. The molecule has 0 spiro atoms. The number of carbonyl (C=O) groups is 2. The molecule has 3 aromatic heterocycles. The Hall–Kier alpha value is -3.51. The first-order valence-corrected chi connectivity index (χ1v) is 17.3. The van der Waals surface area contributed by atoms with Crippen LogP contribution in [-0.2, 0) is 19.5 Å². The monoisotopic (exact) mass is 736 g/mol. The molecule has 19 heteroatoms. The van der Waals surface area contributed by atoms with E-state index in [0.29, 0.717) is 28.5 Å². The number of nitrogens with zero attached hydrogens (tertiary/aromatic N) is 6. The number of pyridine rings is 1. The van der Waals surface area contributed by atoms with Crippen LogP contribution < -0.4 is 0 Å². The summed E-state index contributed by atoms with van der Waals surface area (Å²) in [6.45, 7) is 9.52. The standard InChI is InChI=1S/C29H33ClF4N6O6S2/c1-26(2,3)45-24(41)38-11-8-17(29(33,34)14-38)16-12-15(48(43,44)40(28(7)9-10-28)25(42)46-27(4,5)6)13-39-18(16)19(30)35-21(39)23-37-36-22(47-23)20(31)32/h8,12-13,20H,9-11,14H2,1-7H3. The van der Waals surface area contributed by atoms with Gasteiger partial charge >= 0.3 is 12.2 Å². The molecule has 2 amide bonds. The van der Waals surface area contributed by atoms with Gasteiger partial charge in [0, 0.05) is 23.9 Å². The van der Waals surface area contributed by atoms with E-state index < -0.39 is 78.9 Å². The van der Waals surface area contributed by atoms with Gasteiger partial charge in [-0.25, -0.2) is 31.8 Å². The fourth-order valence-electron chi connectivity index (χ4n) is 4.97. The highest BCUT2D eigenvalue weighted by Gasteiger charge is 2.54. The van der Waals surface area contributed by atoms with E-state index in [9.17, 15) is 26.8 Å². The number of amides is 2. The van der Waals surface area contributed by atoms with Crippen LogP contribution in [0.25, 0.3) is 21.9 Å². The number of rotatable bonds is 6. The van der Waals surface area contributed by atoms with Crippen molar-refractivity contribution in [3.05, 3.63) is 34.1 Å². The lowest BCUT2D eigenvalue weighted by Crippen LogP contribution is -2.47. The summed E-state index contributed by atoms with van der Waals surface area (Å²) in [6, 6.07) is 0.943. The molecule has 262 valence electrons. The SMILES string of the molecule is CC(C)(C)OC(=O)N1CC=C(c2cc(S(=O)(=O)N(C(=O)OC(C)(C)C)C3(C)CC3)cn3c(-c4nnc(C(F)F)s4)nc(Cl)c23)C(F)(F)C1. The molecule has 3 aromatic rings. The van der Waals surface area contributed by atoms with Crippen molar-refractivity contribution in [2.24, 2.45) is 0 Å². The van der Waals surface area contributed by atoms with Crippen molar-refractivity contribution < 1.29 is 45.0 Å². The van der Waals surface area contributed by atoms with E-state index in [1.54, 1.807) is 48.5 Å². The van der Waals surface area contributed by atoms with E-state index in [2.05, 4.69) is 15.2 Å². The van der Waals surface area contributed by atoms with Crippen LogP contribution in [0.5, 0.6) is 0 Å². The lowest BCUT2D eigenvalue weighted by molar-refractivity contribution is -0.0105. The second kappa shape index (κ2) is 11.8. The molecule has 5 rings (SSSR count). The van der Waals surface area contributed by atoms with Gasteiger partial charge in [0.2, 0.25) is 0 Å². The summed E-state index contributed by atoms with van der Waals surface area (Å²) in [5, 5.41) is 5.94. The number of hydrogen-bond acceptors (Lipinski definition) is 10. The van der Waals surface area contributed by atoms with Gasteiger partial charge in [-0.1, -0.05) is 29.0 Å². The van der Waals surface area contributed by atoms with Crippen molar-refractivity contribution >= 4 is 56.2 Å². The number of alkyl halides is 4. The number of fused-ring (bicyclic) bond motifs is 1. The molecule has 1 aliphatic carbocycles. The summed E-state index contributed by atoms with van der Waals surface area (Å²) < 4.78 is 100.0. The Bertz CT molecular complexity index is 1930. The second-order valence-electron chi connectivity index (χ2n) is 13.7. The van der Waals surface area contributed by atoms with Crippen molar-refractivity contribution in [1.82, 2.24) is 28.8 Å². The topological polar surface area (TPSA) is 136 Å². The van der Waals surface area contributed by atoms with Crippen molar-refractivity contribution in [1.29, 1.82) is 0 Å². The summed E-state index contributed by atoms with van der Waals surface area (Å²) >= 11 is 6.93. The summed E-state index contributed by atoms with van der Waals surface area (Å²) in [5.74, 6) is -4.03. The van der Waals surface area contributed by atoms with Crippen LogP contribution in [0.1, 0.15) is 78.3 Å². The molecule has 0 N–H and O–H groups in total. The van der Waals surface area contributed by atoms with Gasteiger partial charge in [-0.3, -0.25) is 9.30 Å². The Morgan fingerprint density at radius 3 is 2.23 bits per heavy atom. The first-order valence-electron chi connectivity index (χ1n) is 14.6. The van der Waals surface area contributed by atoms with Crippen molar-refractivity contribution in [3.63, 3.8) is 0 Å². The molecular formula is C29H33ClF4N6O6S2. The molecule has 4 heterocycles. The van der Waals surface area contributed by atoms with Gasteiger partial charge in [-0.15, -0.1) is 10.2 Å². The fourth-order valence-corrected chi connectivity index (χ4v) is 7.64. The van der Waals surface area contributed by atoms with Crippen LogP contribution in [-0.4, -0.2) is 85.1 Å². The largest absolute Gasteiger partial charge is 0.444 e. The normalized spacial score (nSPS) is 17.8. The molecule has 1 saturated carbocycles. The maximum atomic E-state index is 16.1. The van der Waals surface area contributed by atoms with E-state index >= 15 is 8.78 Å². The van der Waals surface area contributed by atoms with E-state index in [1.165, 1.54) is 0 Å². The first kappa shape index (κ1) is 35.8. The molecule has 0 saturated heterocycles. The molecule has 0 bridgehead atoms. The van der Waals surface area contributed by atoms with Crippen LogP contribution in [0.2, 0.25) is 5.15 Å². The number of aromatic nitrogens is 4. The predicted octanol–water partition coefficient (Wildman–Crippen LogP) is 7.19. The van der Waals surface area contributed by atoms with Crippen molar-refractivity contribution in [2.45, 2.75) is 95.3 Å². The highest BCUT2D eigenvalue weighted by molar-refractivity contribution is 7.89. The summed E-state index contributed by atoms with van der Waals surface area (Å²) in [5.41, 5.74) is -4.48. The summed E-state index contributed by atoms with van der Waals surface area (Å²) in [4.78, 5) is 30.4. The highest BCUT2D eigenvalue weighted by Crippen LogP contribution is 2.47. The average molecular weight is 737 g/mol. The Kier molecular flexibility index (Phi) is 8.82. The van der Waals surface area contributed by atoms with E-state index in [-0.39, 0.29) is 28.0 Å². The fraction of sp³-hybridized carbons (Fsp3) is 0.552. The van der Waals surface area contributed by atoms with E-state index in [1.807, 2.05) is 0 Å². The highest BCUT2D eigenvalue weighted by atomic mass is 35.5. The number of imidazole rings is 1. The average Bonchev–Trinajstić information content (AvgIpc) is 3.32. The third-order valence-electron chi connectivity index (χ3n) is 7.29. The Labute approximate surface area is 282 Å². The number of sulfonamides is 1. The predicted molar refractivity (Wildman–Crippen MR) is 168 cm³/mol. The quantitative estimate of drug-likeness (QED) is 0.241. The third kappa shape index (κ3) is 6.96. The molecule has 0 unspecified atom stereocenters. The Morgan fingerprint density at radius 1 is 1.08 bits per heavy atom. The smallest absolute Gasteiger partial charge is 0.424 e. The second-order valence-corrected chi connectivity index (χ2v) is 16.9. The molecule has 0 radical (unpaired) electrons. The molecule has 2 aliphatic rings. The van der Waals surface area contributed by atoms with E-state index in [0.717, 1.165) is 27.6 Å². The summed E-state index contributed by atoms with van der Waals surface area (Å²) in [7, 11) is -4.84. The van der Waals surface area contributed by atoms with Gasteiger partial charge in [-0.2, -0.15) is 13.1 Å². The van der Waals surface area contributed by atoms with Crippen LogP contribution in [0.4, 0.5) is 27.2 Å². The zero-order chi connectivity index (χ0) is 35.8. The molecule has 0 atom stereocenters.